The van der Waals surface area contributed by atoms with Crippen molar-refractivity contribution in [3.8, 4) is 11.5 Å². The lowest BCUT2D eigenvalue weighted by molar-refractivity contribution is -0.182. The molecule has 1 aromatic rings. The highest BCUT2D eigenvalue weighted by Crippen LogP contribution is 2.54. The van der Waals surface area contributed by atoms with Crippen LogP contribution in [0.1, 0.15) is 72.9 Å². The molecule has 230 valence electrons. The second-order valence-electron chi connectivity index (χ2n) is 13.0. The SMILES string of the molecule is COc1c(CNCCC2CCCCC2)cc(O)c2c1CC1CC3C(N(C)C)C(=O)C(C(N)=O)CC3(OC)C(=O)C1C2=O. The fraction of sp³-hybridized carbons (Fsp3) is 0.688. The van der Waals surface area contributed by atoms with E-state index in [0.29, 0.717) is 30.7 Å². The molecule has 1 amide bonds. The van der Waals surface area contributed by atoms with Gasteiger partial charge in [-0.1, -0.05) is 32.1 Å². The van der Waals surface area contributed by atoms with E-state index in [9.17, 15) is 24.3 Å². The zero-order valence-corrected chi connectivity index (χ0v) is 25.2. The van der Waals surface area contributed by atoms with Crippen LogP contribution in [0.15, 0.2) is 6.07 Å². The van der Waals surface area contributed by atoms with Crippen molar-refractivity contribution >= 4 is 23.3 Å². The molecular formula is C32H45N3O7. The van der Waals surface area contributed by atoms with Crippen LogP contribution in [0.25, 0.3) is 0 Å². The molecule has 42 heavy (non-hydrogen) atoms. The lowest BCUT2D eigenvalue weighted by atomic mass is 9.52. The van der Waals surface area contributed by atoms with Gasteiger partial charge in [-0.15, -0.1) is 0 Å². The van der Waals surface area contributed by atoms with Gasteiger partial charge in [0, 0.05) is 37.1 Å². The fourth-order valence-electron chi connectivity index (χ4n) is 8.52. The number of phenols is 1. The van der Waals surface area contributed by atoms with Crippen molar-refractivity contribution in [3.05, 3.63) is 22.8 Å². The highest BCUT2D eigenvalue weighted by Gasteiger charge is 2.65. The fourth-order valence-corrected chi connectivity index (χ4v) is 8.52. The van der Waals surface area contributed by atoms with Crippen LogP contribution in [0.2, 0.25) is 0 Å². The topological polar surface area (TPSA) is 148 Å². The van der Waals surface area contributed by atoms with Crippen LogP contribution in [0.3, 0.4) is 0 Å². The van der Waals surface area contributed by atoms with Crippen LogP contribution >= 0.6 is 0 Å². The van der Waals surface area contributed by atoms with Crippen molar-refractivity contribution in [1.82, 2.24) is 10.2 Å². The number of aromatic hydroxyl groups is 1. The number of carbonyl (C=O) groups is 4. The second-order valence-corrected chi connectivity index (χ2v) is 13.0. The number of Topliss-reactive ketones (excluding diaryl/α,β-unsaturated/α-hetero) is 3. The molecular weight excluding hydrogens is 538 g/mol. The Labute approximate surface area is 247 Å². The molecule has 4 aliphatic rings. The summed E-state index contributed by atoms with van der Waals surface area (Å²) < 4.78 is 11.7. The van der Waals surface area contributed by atoms with Gasteiger partial charge in [-0.25, -0.2) is 0 Å². The summed E-state index contributed by atoms with van der Waals surface area (Å²) in [7, 11) is 6.42. The van der Waals surface area contributed by atoms with E-state index in [1.54, 1.807) is 32.2 Å². The van der Waals surface area contributed by atoms with E-state index in [1.165, 1.54) is 39.2 Å². The number of nitrogens with one attached hydrogen (secondary N) is 1. The molecule has 4 aliphatic carbocycles. The smallest absolute Gasteiger partial charge is 0.228 e. The Balaban J connectivity index is 1.45. The number of hydrogen-bond donors (Lipinski definition) is 3. The number of amides is 1. The standard InChI is InChI=1S/C32H45N3O7/c1-35(2)26-22-13-18-12-20-25(28(38)24(18)30(39)32(22,42-4)15-21(27(26)37)31(33)40)23(36)14-19(29(20)41-3)16-34-11-10-17-8-6-5-7-9-17/h14,17-18,21-22,24,26,34,36H,5-13,15-16H2,1-4H3,(H2,33,40). The van der Waals surface area contributed by atoms with Crippen molar-refractivity contribution in [1.29, 1.82) is 0 Å². The number of nitrogens with two attached hydrogens (primary N) is 1. The van der Waals surface area contributed by atoms with Crippen LogP contribution in [-0.2, 0) is 32.1 Å². The molecule has 0 spiro atoms. The number of ketones is 3. The number of benzene rings is 1. The third kappa shape index (κ3) is 5.05. The third-order valence-electron chi connectivity index (χ3n) is 10.5. The first-order valence-electron chi connectivity index (χ1n) is 15.3. The number of nitrogens with zero attached hydrogens (tertiary/aromatic N) is 1. The summed E-state index contributed by atoms with van der Waals surface area (Å²) in [6, 6.07) is 0.795. The number of fused-ring (bicyclic) bond motifs is 3. The van der Waals surface area contributed by atoms with Gasteiger partial charge in [-0.3, -0.25) is 24.1 Å². The van der Waals surface area contributed by atoms with Crippen LogP contribution in [-0.4, -0.2) is 79.8 Å². The average Bonchev–Trinajstić information content (AvgIpc) is 2.95. The van der Waals surface area contributed by atoms with E-state index < -0.39 is 52.8 Å². The molecule has 0 aromatic heterocycles. The first-order chi connectivity index (χ1) is 20.0. The van der Waals surface area contributed by atoms with E-state index in [1.807, 2.05) is 0 Å². The minimum absolute atomic E-state index is 0.111. The molecule has 1 aromatic carbocycles. The molecule has 0 heterocycles. The summed E-state index contributed by atoms with van der Waals surface area (Å²) in [5, 5.41) is 14.6. The number of hydrogen-bond acceptors (Lipinski definition) is 9. The third-order valence-corrected chi connectivity index (χ3v) is 10.5. The Kier molecular flexibility index (Phi) is 8.79. The van der Waals surface area contributed by atoms with Crippen molar-refractivity contribution in [3.63, 3.8) is 0 Å². The molecule has 6 unspecified atom stereocenters. The minimum atomic E-state index is -1.52. The Morgan fingerprint density at radius 3 is 2.50 bits per heavy atom. The predicted octanol–water partition coefficient (Wildman–Crippen LogP) is 2.41. The maximum Gasteiger partial charge on any atom is 0.228 e. The first kappa shape index (κ1) is 30.6. The van der Waals surface area contributed by atoms with Gasteiger partial charge in [0.2, 0.25) is 5.91 Å². The zero-order chi connectivity index (χ0) is 30.3. The van der Waals surface area contributed by atoms with E-state index >= 15 is 0 Å². The number of primary amides is 1. The van der Waals surface area contributed by atoms with E-state index in [0.717, 1.165) is 24.4 Å². The predicted molar refractivity (Wildman–Crippen MR) is 155 cm³/mol. The van der Waals surface area contributed by atoms with Crippen molar-refractivity contribution in [2.45, 2.75) is 76.0 Å². The van der Waals surface area contributed by atoms with Gasteiger partial charge in [0.25, 0.3) is 0 Å². The van der Waals surface area contributed by atoms with Gasteiger partial charge in [0.15, 0.2) is 17.3 Å². The summed E-state index contributed by atoms with van der Waals surface area (Å²) in [4.78, 5) is 55.8. The normalized spacial score (nSPS) is 31.5. The Hall–Kier alpha value is -2.82. The van der Waals surface area contributed by atoms with E-state index in [4.69, 9.17) is 15.2 Å². The van der Waals surface area contributed by atoms with Crippen LogP contribution < -0.4 is 15.8 Å². The van der Waals surface area contributed by atoms with E-state index in [-0.39, 0.29) is 23.5 Å². The molecule has 5 rings (SSSR count). The van der Waals surface area contributed by atoms with E-state index in [2.05, 4.69) is 5.32 Å². The quantitative estimate of drug-likeness (QED) is 0.294. The highest BCUT2D eigenvalue weighted by atomic mass is 16.5. The average molecular weight is 584 g/mol. The monoisotopic (exact) mass is 583 g/mol. The molecule has 0 radical (unpaired) electrons. The first-order valence-corrected chi connectivity index (χ1v) is 15.3. The number of ether oxygens (including phenoxy) is 2. The van der Waals surface area contributed by atoms with Crippen LogP contribution in [0.4, 0.5) is 0 Å². The maximum absolute atomic E-state index is 14.3. The molecule has 6 atom stereocenters. The molecule has 10 heteroatoms. The number of methoxy groups -OCH3 is 2. The molecule has 10 nitrogen and oxygen atoms in total. The van der Waals surface area contributed by atoms with Crippen molar-refractivity contribution in [2.24, 2.45) is 35.3 Å². The Bertz CT molecular complexity index is 1260. The second kappa shape index (κ2) is 12.1. The minimum Gasteiger partial charge on any atom is -0.507 e. The Morgan fingerprint density at radius 1 is 1.17 bits per heavy atom. The van der Waals surface area contributed by atoms with Crippen molar-refractivity contribution in [2.75, 3.05) is 34.9 Å². The maximum atomic E-state index is 14.3. The van der Waals surface area contributed by atoms with Crippen LogP contribution in [0.5, 0.6) is 11.5 Å². The number of likely N-dealkylation sites (N-methyl/N-ethyl adjacent to an activating group) is 1. The molecule has 0 aliphatic heterocycles. The number of phenolic OH excluding ortho intramolecular Hbond substituents is 1. The lowest BCUT2D eigenvalue weighted by Gasteiger charge is -2.55. The van der Waals surface area contributed by atoms with Gasteiger partial charge < -0.3 is 25.6 Å². The largest absolute Gasteiger partial charge is 0.507 e. The summed E-state index contributed by atoms with van der Waals surface area (Å²) in [5.74, 6) is -4.14. The zero-order valence-electron chi connectivity index (χ0n) is 25.2. The summed E-state index contributed by atoms with van der Waals surface area (Å²) in [5.41, 5.74) is 5.57. The van der Waals surface area contributed by atoms with Gasteiger partial charge in [-0.05, 0) is 57.8 Å². The highest BCUT2D eigenvalue weighted by molar-refractivity contribution is 6.18. The molecule has 4 N–H and O–H groups in total. The van der Waals surface area contributed by atoms with Gasteiger partial charge in [-0.2, -0.15) is 0 Å². The summed E-state index contributed by atoms with van der Waals surface area (Å²) in [6.45, 7) is 1.34. The van der Waals surface area contributed by atoms with Crippen molar-refractivity contribution < 1.29 is 33.8 Å². The van der Waals surface area contributed by atoms with Gasteiger partial charge in [0.1, 0.15) is 23.0 Å². The summed E-state index contributed by atoms with van der Waals surface area (Å²) >= 11 is 0. The molecule has 3 fully saturated rings. The number of rotatable bonds is 9. The number of carbonyl (C=O) groups excluding carboxylic acids is 4. The molecule has 0 saturated heterocycles. The van der Waals surface area contributed by atoms with Gasteiger partial charge >= 0.3 is 0 Å². The lowest BCUT2D eigenvalue weighted by Crippen LogP contribution is -2.70. The Morgan fingerprint density at radius 2 is 1.88 bits per heavy atom. The van der Waals surface area contributed by atoms with Crippen LogP contribution in [0, 0.1) is 29.6 Å². The molecule has 3 saturated carbocycles. The molecule has 0 bridgehead atoms. The van der Waals surface area contributed by atoms with Gasteiger partial charge in [0.05, 0.1) is 24.6 Å². The summed E-state index contributed by atoms with van der Waals surface area (Å²) in [6.07, 6.45) is 8.12.